The predicted molar refractivity (Wildman–Crippen MR) is 110 cm³/mol. The number of carbonyl (C=O) groups is 1. The van der Waals surface area contributed by atoms with Crippen LogP contribution < -0.4 is 4.90 Å². The highest BCUT2D eigenvalue weighted by Crippen LogP contribution is 2.42. The van der Waals surface area contributed by atoms with Crippen LogP contribution in [0.5, 0.6) is 0 Å². The molecule has 2 nitrogen and oxygen atoms in total. The van der Waals surface area contributed by atoms with Crippen molar-refractivity contribution < 1.29 is 4.79 Å². The average molecular weight is 427 g/mol. The number of fused-ring (bicyclic) bond motifs is 1. The molecule has 4 rings (SSSR count). The molecule has 130 valence electrons. The Kier molecular flexibility index (Phi) is 4.84. The zero-order chi connectivity index (χ0) is 18.1. The molecule has 26 heavy (non-hydrogen) atoms. The van der Waals surface area contributed by atoms with Crippen LogP contribution in [0.15, 0.2) is 77.3 Å². The van der Waals surface area contributed by atoms with Crippen LogP contribution >= 0.6 is 27.5 Å². The molecule has 1 aliphatic rings. The standard InChI is InChI=1S/C22H17BrClNO/c23-20-9-5-4-8-16(20)12-19-18-13-17(24)10-11-21(18)25(22(19)26)14-15-6-2-1-3-7-15/h1-11,13,19H,12,14H2. The molecule has 1 aliphatic heterocycles. The summed E-state index contributed by atoms with van der Waals surface area (Å²) in [6.07, 6.45) is 0.652. The Morgan fingerprint density at radius 1 is 0.962 bits per heavy atom. The number of hydrogen-bond donors (Lipinski definition) is 0. The first kappa shape index (κ1) is 17.3. The van der Waals surface area contributed by atoms with Crippen LogP contribution in [0.3, 0.4) is 0 Å². The molecule has 0 fully saturated rings. The Bertz CT molecular complexity index is 957. The van der Waals surface area contributed by atoms with Crippen LogP contribution in [0.1, 0.15) is 22.6 Å². The molecule has 0 radical (unpaired) electrons. The Hall–Kier alpha value is -2.10. The van der Waals surface area contributed by atoms with Gasteiger partial charge >= 0.3 is 0 Å². The summed E-state index contributed by atoms with van der Waals surface area (Å²) in [6, 6.07) is 23.9. The average Bonchev–Trinajstić information content (AvgIpc) is 2.89. The molecule has 0 spiro atoms. The minimum absolute atomic E-state index is 0.127. The first-order valence-electron chi connectivity index (χ1n) is 8.51. The molecule has 1 heterocycles. The fraction of sp³-hybridized carbons (Fsp3) is 0.136. The van der Waals surface area contributed by atoms with Crippen LogP contribution in [-0.4, -0.2) is 5.91 Å². The van der Waals surface area contributed by atoms with Crippen molar-refractivity contribution in [2.24, 2.45) is 0 Å². The lowest BCUT2D eigenvalue weighted by atomic mass is 9.93. The Morgan fingerprint density at radius 2 is 1.69 bits per heavy atom. The summed E-state index contributed by atoms with van der Waals surface area (Å²) >= 11 is 9.84. The Balaban J connectivity index is 1.71. The van der Waals surface area contributed by atoms with E-state index in [1.165, 1.54) is 0 Å². The van der Waals surface area contributed by atoms with Crippen molar-refractivity contribution in [2.75, 3.05) is 4.90 Å². The lowest BCUT2D eigenvalue weighted by Gasteiger charge is -2.18. The van der Waals surface area contributed by atoms with Crippen molar-refractivity contribution >= 4 is 39.1 Å². The molecular formula is C22H17BrClNO. The number of carbonyl (C=O) groups excluding carboxylic acids is 1. The van der Waals surface area contributed by atoms with Gasteiger partial charge in [0.05, 0.1) is 12.5 Å². The molecule has 0 N–H and O–H groups in total. The highest BCUT2D eigenvalue weighted by molar-refractivity contribution is 9.10. The third-order valence-electron chi connectivity index (χ3n) is 4.79. The fourth-order valence-corrected chi connectivity index (χ4v) is 4.13. The molecule has 0 saturated carbocycles. The smallest absolute Gasteiger partial charge is 0.235 e. The van der Waals surface area contributed by atoms with E-state index < -0.39 is 0 Å². The van der Waals surface area contributed by atoms with Gasteiger partial charge in [0.2, 0.25) is 5.91 Å². The third kappa shape index (κ3) is 3.29. The molecular weight excluding hydrogens is 410 g/mol. The van der Waals surface area contributed by atoms with Gasteiger partial charge in [0.15, 0.2) is 0 Å². The van der Waals surface area contributed by atoms with E-state index in [4.69, 9.17) is 11.6 Å². The summed E-state index contributed by atoms with van der Waals surface area (Å²) in [6.45, 7) is 0.570. The van der Waals surface area contributed by atoms with Gasteiger partial charge in [0.1, 0.15) is 0 Å². The van der Waals surface area contributed by atoms with E-state index in [9.17, 15) is 4.79 Å². The van der Waals surface area contributed by atoms with Gasteiger partial charge in [-0.25, -0.2) is 0 Å². The monoisotopic (exact) mass is 425 g/mol. The quantitative estimate of drug-likeness (QED) is 0.503. The molecule has 0 aromatic heterocycles. The van der Waals surface area contributed by atoms with Crippen LogP contribution in [0.4, 0.5) is 5.69 Å². The van der Waals surface area contributed by atoms with Gasteiger partial charge in [0.25, 0.3) is 0 Å². The first-order chi connectivity index (χ1) is 12.6. The normalized spacial score (nSPS) is 16.0. The highest BCUT2D eigenvalue weighted by atomic mass is 79.9. The topological polar surface area (TPSA) is 20.3 Å². The van der Waals surface area contributed by atoms with Crippen LogP contribution in [0.2, 0.25) is 5.02 Å². The van der Waals surface area contributed by atoms with Gasteiger partial charge in [-0.15, -0.1) is 0 Å². The molecule has 1 atom stereocenters. The van der Waals surface area contributed by atoms with E-state index in [2.05, 4.69) is 22.0 Å². The predicted octanol–water partition coefficient (Wildman–Crippen LogP) is 5.98. The van der Waals surface area contributed by atoms with Crippen molar-refractivity contribution in [1.29, 1.82) is 0 Å². The maximum Gasteiger partial charge on any atom is 0.235 e. The maximum absolute atomic E-state index is 13.3. The summed E-state index contributed by atoms with van der Waals surface area (Å²) < 4.78 is 1.03. The van der Waals surface area contributed by atoms with Crippen LogP contribution in [-0.2, 0) is 17.8 Å². The van der Waals surface area contributed by atoms with Crippen LogP contribution in [0, 0.1) is 0 Å². The van der Waals surface area contributed by atoms with Crippen molar-refractivity contribution in [3.8, 4) is 0 Å². The number of benzene rings is 3. The van der Waals surface area contributed by atoms with Crippen molar-refractivity contribution in [3.63, 3.8) is 0 Å². The Labute approximate surface area is 166 Å². The molecule has 3 aromatic rings. The second-order valence-electron chi connectivity index (χ2n) is 6.46. The lowest BCUT2D eigenvalue weighted by Crippen LogP contribution is -2.29. The molecule has 1 unspecified atom stereocenters. The van der Waals surface area contributed by atoms with Crippen molar-refractivity contribution in [1.82, 2.24) is 0 Å². The zero-order valence-corrected chi connectivity index (χ0v) is 16.4. The SMILES string of the molecule is O=C1C(Cc2ccccc2Br)c2cc(Cl)ccc2N1Cc1ccccc1. The van der Waals surface area contributed by atoms with E-state index in [-0.39, 0.29) is 11.8 Å². The number of halogens is 2. The largest absolute Gasteiger partial charge is 0.307 e. The summed E-state index contributed by atoms with van der Waals surface area (Å²) in [5, 5.41) is 0.662. The number of amides is 1. The Morgan fingerprint density at radius 3 is 2.46 bits per heavy atom. The van der Waals surface area contributed by atoms with Gasteiger partial charge in [-0.05, 0) is 47.4 Å². The van der Waals surface area contributed by atoms with Gasteiger partial charge < -0.3 is 4.90 Å². The van der Waals surface area contributed by atoms with Gasteiger partial charge in [-0.2, -0.15) is 0 Å². The van der Waals surface area contributed by atoms with E-state index in [1.54, 1.807) is 0 Å². The number of hydrogen-bond acceptors (Lipinski definition) is 1. The molecule has 0 aliphatic carbocycles. The minimum atomic E-state index is -0.217. The number of rotatable bonds is 4. The zero-order valence-electron chi connectivity index (χ0n) is 14.0. The third-order valence-corrected chi connectivity index (χ3v) is 5.79. The lowest BCUT2D eigenvalue weighted by molar-refractivity contribution is -0.119. The summed E-state index contributed by atoms with van der Waals surface area (Å²) in [4.78, 5) is 15.1. The molecule has 3 aromatic carbocycles. The van der Waals surface area contributed by atoms with Gasteiger partial charge in [0, 0.05) is 15.2 Å². The molecule has 0 bridgehead atoms. The maximum atomic E-state index is 13.3. The summed E-state index contributed by atoms with van der Waals surface area (Å²) in [5.41, 5.74) is 4.20. The minimum Gasteiger partial charge on any atom is -0.307 e. The van der Waals surface area contributed by atoms with Gasteiger partial charge in [-0.3, -0.25) is 4.79 Å². The van der Waals surface area contributed by atoms with E-state index in [0.717, 1.165) is 26.9 Å². The second kappa shape index (κ2) is 7.26. The molecule has 4 heteroatoms. The van der Waals surface area contributed by atoms with Crippen LogP contribution in [0.25, 0.3) is 0 Å². The summed E-state index contributed by atoms with van der Waals surface area (Å²) in [7, 11) is 0. The molecule has 0 saturated heterocycles. The first-order valence-corrected chi connectivity index (χ1v) is 9.69. The van der Waals surface area contributed by atoms with E-state index in [1.807, 2.05) is 71.6 Å². The van der Waals surface area contributed by atoms with E-state index >= 15 is 0 Å². The van der Waals surface area contributed by atoms with Crippen molar-refractivity contribution in [3.05, 3.63) is 99.0 Å². The van der Waals surface area contributed by atoms with Gasteiger partial charge in [-0.1, -0.05) is 76.1 Å². The number of anilines is 1. The number of nitrogens with zero attached hydrogens (tertiary/aromatic N) is 1. The summed E-state index contributed by atoms with van der Waals surface area (Å²) in [5.74, 6) is -0.0898. The second-order valence-corrected chi connectivity index (χ2v) is 7.75. The molecule has 1 amide bonds. The van der Waals surface area contributed by atoms with Crippen molar-refractivity contribution in [2.45, 2.75) is 18.9 Å². The highest BCUT2D eigenvalue weighted by Gasteiger charge is 2.37. The fourth-order valence-electron chi connectivity index (χ4n) is 3.50. The van der Waals surface area contributed by atoms with E-state index in [0.29, 0.717) is 18.0 Å².